The number of rotatable bonds is 10. The average molecular weight is 661 g/mol. The second kappa shape index (κ2) is 13.6. The molecule has 0 fully saturated rings. The molecule has 0 aromatic heterocycles. The molecule has 0 spiro atoms. The standard InChI is InChI=1S/C35H40N4O9/c1-20-11-22-17-36-25-15-30(28(44-3)13-23(25)32(40)37(22)18-20)47-9-7-6-8-10-48-31-16-26-24(14-29(31)45-4)33(41)38-19-21(2)12-27(38)34(42)39(26)35(43)46-5/h13-19,22,27,34,42H,6-12H2,1-5H3/t22-,27-,34-/m0/s1. The fraction of sp³-hybridized carbons (Fsp3) is 0.429. The minimum absolute atomic E-state index is 0.0893. The van der Waals surface area contributed by atoms with Crippen LogP contribution in [0.2, 0.25) is 0 Å². The minimum Gasteiger partial charge on any atom is -0.493 e. The van der Waals surface area contributed by atoms with Crippen molar-refractivity contribution in [1.82, 2.24) is 9.80 Å². The van der Waals surface area contributed by atoms with E-state index >= 15 is 0 Å². The Morgan fingerprint density at radius 2 is 1.42 bits per heavy atom. The summed E-state index contributed by atoms with van der Waals surface area (Å²) >= 11 is 0. The molecule has 0 radical (unpaired) electrons. The van der Waals surface area contributed by atoms with Crippen LogP contribution < -0.4 is 23.8 Å². The predicted octanol–water partition coefficient (Wildman–Crippen LogP) is 5.19. The van der Waals surface area contributed by atoms with Gasteiger partial charge in [0.15, 0.2) is 29.2 Å². The summed E-state index contributed by atoms with van der Waals surface area (Å²) in [5.41, 5.74) is 3.42. The first-order valence-electron chi connectivity index (χ1n) is 15.9. The Hall–Kier alpha value is -5.04. The summed E-state index contributed by atoms with van der Waals surface area (Å²) in [7, 11) is 4.24. The largest absolute Gasteiger partial charge is 0.493 e. The van der Waals surface area contributed by atoms with Crippen LogP contribution in [0.3, 0.4) is 0 Å². The highest BCUT2D eigenvalue weighted by atomic mass is 16.5. The second-order valence-electron chi connectivity index (χ2n) is 12.2. The Morgan fingerprint density at radius 3 is 2.08 bits per heavy atom. The third kappa shape index (κ3) is 6.05. The fourth-order valence-corrected chi connectivity index (χ4v) is 6.52. The topological polar surface area (TPSA) is 140 Å². The summed E-state index contributed by atoms with van der Waals surface area (Å²) in [4.78, 5) is 48.5. The SMILES string of the molecule is COC(=O)N1c2cc(OCCCCCOc3cc4c(cc3OC)C(=O)N3C=C(C)C[C@H]3C=N4)c(OC)cc2C(=O)N2C=C(C)C[C@H]2[C@@H]1O. The van der Waals surface area contributed by atoms with Crippen molar-refractivity contribution in [3.8, 4) is 23.0 Å². The smallest absolute Gasteiger partial charge is 0.416 e. The molecule has 1 N–H and O–H groups in total. The molecule has 48 heavy (non-hydrogen) atoms. The molecule has 0 saturated carbocycles. The van der Waals surface area contributed by atoms with Crippen molar-refractivity contribution in [2.75, 3.05) is 39.4 Å². The fourth-order valence-electron chi connectivity index (χ4n) is 6.52. The molecule has 6 rings (SSSR count). The van der Waals surface area contributed by atoms with E-state index in [-0.39, 0.29) is 29.1 Å². The van der Waals surface area contributed by atoms with E-state index in [2.05, 4.69) is 4.99 Å². The van der Waals surface area contributed by atoms with E-state index in [1.165, 1.54) is 38.4 Å². The van der Waals surface area contributed by atoms with Crippen LogP contribution in [-0.2, 0) is 4.74 Å². The Labute approximate surface area is 279 Å². The number of amides is 3. The first-order chi connectivity index (χ1) is 23.1. The van der Waals surface area contributed by atoms with E-state index in [1.54, 1.807) is 29.4 Å². The first kappa shape index (κ1) is 32.9. The van der Waals surface area contributed by atoms with Crippen molar-refractivity contribution in [1.29, 1.82) is 0 Å². The van der Waals surface area contributed by atoms with Crippen molar-refractivity contribution in [2.45, 2.75) is 64.3 Å². The quantitative estimate of drug-likeness (QED) is 0.341. The van der Waals surface area contributed by atoms with Gasteiger partial charge in [0, 0.05) is 30.7 Å². The summed E-state index contributed by atoms with van der Waals surface area (Å²) in [6, 6.07) is 5.76. The minimum atomic E-state index is -1.33. The van der Waals surface area contributed by atoms with Crippen molar-refractivity contribution in [3.63, 3.8) is 0 Å². The zero-order valence-electron chi connectivity index (χ0n) is 27.7. The predicted molar refractivity (Wildman–Crippen MR) is 177 cm³/mol. The summed E-state index contributed by atoms with van der Waals surface area (Å²) in [6.45, 7) is 4.60. The number of nitrogens with zero attached hydrogens (tertiary/aromatic N) is 4. The molecule has 13 nitrogen and oxygen atoms in total. The van der Waals surface area contributed by atoms with Crippen LogP contribution in [-0.4, -0.2) is 91.9 Å². The molecule has 2 aromatic carbocycles. The highest BCUT2D eigenvalue weighted by Gasteiger charge is 2.45. The molecule has 4 heterocycles. The van der Waals surface area contributed by atoms with Gasteiger partial charge in [-0.15, -0.1) is 0 Å². The number of aliphatic hydroxyl groups is 1. The molecule has 13 heteroatoms. The summed E-state index contributed by atoms with van der Waals surface area (Å²) in [5, 5.41) is 11.2. The molecule has 3 amide bonds. The zero-order valence-corrected chi connectivity index (χ0v) is 27.7. The third-order valence-electron chi connectivity index (χ3n) is 8.92. The normalized spacial score (nSPS) is 21.0. The molecular formula is C35H40N4O9. The van der Waals surface area contributed by atoms with Gasteiger partial charge in [0.05, 0.1) is 69.1 Å². The highest BCUT2D eigenvalue weighted by molar-refractivity contribution is 6.06. The molecular weight excluding hydrogens is 620 g/mol. The first-order valence-corrected chi connectivity index (χ1v) is 15.9. The van der Waals surface area contributed by atoms with Gasteiger partial charge >= 0.3 is 6.09 Å². The molecule has 0 saturated heterocycles. The van der Waals surface area contributed by atoms with Crippen molar-refractivity contribution >= 4 is 35.5 Å². The number of anilines is 1. The monoisotopic (exact) mass is 660 g/mol. The van der Waals surface area contributed by atoms with Crippen molar-refractivity contribution in [2.24, 2.45) is 4.99 Å². The number of ether oxygens (including phenoxy) is 5. The van der Waals surface area contributed by atoms with Gasteiger partial charge in [0.2, 0.25) is 0 Å². The molecule has 4 aliphatic rings. The van der Waals surface area contributed by atoms with E-state index in [0.29, 0.717) is 66.7 Å². The Balaban J connectivity index is 1.08. The number of benzene rings is 2. The number of hydrogen-bond acceptors (Lipinski definition) is 10. The number of fused-ring (bicyclic) bond motifs is 4. The molecule has 0 unspecified atom stereocenters. The lowest BCUT2D eigenvalue weighted by molar-refractivity contribution is 0.0563. The summed E-state index contributed by atoms with van der Waals surface area (Å²) in [6.07, 6.45) is 6.59. The van der Waals surface area contributed by atoms with Gasteiger partial charge in [0.25, 0.3) is 11.8 Å². The van der Waals surface area contributed by atoms with E-state index in [0.717, 1.165) is 28.9 Å². The highest BCUT2D eigenvalue weighted by Crippen LogP contribution is 2.42. The van der Waals surface area contributed by atoms with Crippen LogP contribution in [0.25, 0.3) is 0 Å². The number of methoxy groups -OCH3 is 3. The number of aliphatic hydroxyl groups excluding tert-OH is 1. The van der Waals surface area contributed by atoms with Crippen molar-refractivity contribution < 1.29 is 43.2 Å². The maximum Gasteiger partial charge on any atom is 0.416 e. The maximum atomic E-state index is 13.6. The number of hydrogen-bond donors (Lipinski definition) is 1. The number of carbonyl (C=O) groups is 3. The zero-order chi connectivity index (χ0) is 34.1. The lowest BCUT2D eigenvalue weighted by Crippen LogP contribution is -2.50. The third-order valence-corrected chi connectivity index (χ3v) is 8.92. The maximum absolute atomic E-state index is 13.6. The molecule has 0 aliphatic carbocycles. The van der Waals surface area contributed by atoms with Gasteiger partial charge in [0.1, 0.15) is 0 Å². The van der Waals surface area contributed by atoms with Gasteiger partial charge in [-0.25, -0.2) is 9.69 Å². The van der Waals surface area contributed by atoms with Gasteiger partial charge in [-0.3, -0.25) is 14.6 Å². The summed E-state index contributed by atoms with van der Waals surface area (Å²) in [5.74, 6) is 1.15. The van der Waals surface area contributed by atoms with Crippen LogP contribution in [0, 0.1) is 0 Å². The molecule has 2 aromatic rings. The number of aliphatic imine (C=N–C) groups is 1. The average Bonchev–Trinajstić information content (AvgIpc) is 3.62. The summed E-state index contributed by atoms with van der Waals surface area (Å²) < 4.78 is 28.2. The van der Waals surface area contributed by atoms with E-state index < -0.39 is 18.4 Å². The van der Waals surface area contributed by atoms with Gasteiger partial charge in [-0.05, 0) is 58.1 Å². The van der Waals surface area contributed by atoms with Gasteiger partial charge in [-0.1, -0.05) is 11.1 Å². The Morgan fingerprint density at radius 1 is 0.812 bits per heavy atom. The van der Waals surface area contributed by atoms with Crippen LogP contribution in [0.1, 0.15) is 66.7 Å². The van der Waals surface area contributed by atoms with E-state index in [9.17, 15) is 19.5 Å². The van der Waals surface area contributed by atoms with Crippen LogP contribution >= 0.6 is 0 Å². The van der Waals surface area contributed by atoms with E-state index in [1.807, 2.05) is 20.0 Å². The molecule has 0 bridgehead atoms. The lowest BCUT2D eigenvalue weighted by atomic mass is 10.1. The molecule has 254 valence electrons. The van der Waals surface area contributed by atoms with Crippen LogP contribution in [0.4, 0.5) is 16.2 Å². The lowest BCUT2D eigenvalue weighted by Gasteiger charge is -2.31. The number of carbonyl (C=O) groups excluding carboxylic acids is 3. The van der Waals surface area contributed by atoms with E-state index in [4.69, 9.17) is 23.7 Å². The van der Waals surface area contributed by atoms with Gasteiger partial charge in [-0.2, -0.15) is 0 Å². The molecule has 3 atom stereocenters. The van der Waals surface area contributed by atoms with Crippen LogP contribution in [0.5, 0.6) is 23.0 Å². The Bertz CT molecular complexity index is 1720. The van der Waals surface area contributed by atoms with Crippen LogP contribution in [0.15, 0.2) is 52.8 Å². The number of unbranched alkanes of at least 4 members (excludes halogenated alkanes) is 2. The second-order valence-corrected chi connectivity index (χ2v) is 12.2. The van der Waals surface area contributed by atoms with Gasteiger partial charge < -0.3 is 38.6 Å². The molecule has 4 aliphatic heterocycles. The Kier molecular flexibility index (Phi) is 9.31. The van der Waals surface area contributed by atoms with Crippen molar-refractivity contribution in [3.05, 3.63) is 58.9 Å².